The molecule has 1 saturated heterocycles. The lowest BCUT2D eigenvalue weighted by molar-refractivity contribution is -0.138. The van der Waals surface area contributed by atoms with Crippen LogP contribution in [0, 0.1) is 0 Å². The number of likely N-dealkylation sites (tertiary alicyclic amines) is 1. The minimum Gasteiger partial charge on any atom is -0.462 e. The van der Waals surface area contributed by atoms with Crippen molar-refractivity contribution in [2.75, 3.05) is 20.1 Å². The van der Waals surface area contributed by atoms with Crippen molar-refractivity contribution < 1.29 is 14.3 Å². The summed E-state index contributed by atoms with van der Waals surface area (Å²) in [7, 11) is 2.10. The van der Waals surface area contributed by atoms with Crippen molar-refractivity contribution in [3.05, 3.63) is 136 Å². The zero-order valence-electron chi connectivity index (χ0n) is 29.9. The van der Waals surface area contributed by atoms with Gasteiger partial charge in [-0.3, -0.25) is 9.59 Å². The van der Waals surface area contributed by atoms with E-state index < -0.39 is 0 Å². The Morgan fingerprint density at radius 3 is 2.23 bits per heavy atom. The second kappa shape index (κ2) is 15.8. The average Bonchev–Trinajstić information content (AvgIpc) is 3.83. The van der Waals surface area contributed by atoms with E-state index >= 15 is 0 Å². The van der Waals surface area contributed by atoms with E-state index in [1.165, 1.54) is 5.56 Å². The topological polar surface area (TPSA) is 92.2 Å². The van der Waals surface area contributed by atoms with E-state index in [0.29, 0.717) is 22.2 Å². The van der Waals surface area contributed by atoms with Gasteiger partial charge >= 0.3 is 0 Å². The third-order valence-electron chi connectivity index (χ3n) is 9.28. The summed E-state index contributed by atoms with van der Waals surface area (Å²) in [6.45, 7) is 9.68. The third kappa shape index (κ3) is 8.26. The van der Waals surface area contributed by atoms with Gasteiger partial charge in [-0.1, -0.05) is 102 Å². The summed E-state index contributed by atoms with van der Waals surface area (Å²) in [5.41, 5.74) is 6.65. The molecule has 7 rings (SSSR count). The molecule has 8 nitrogen and oxygen atoms in total. The van der Waals surface area contributed by atoms with Gasteiger partial charge in [-0.25, -0.2) is 4.98 Å². The molecule has 1 amide bonds. The van der Waals surface area contributed by atoms with E-state index in [0.717, 1.165) is 52.1 Å². The number of nitrogens with one attached hydrogen (secondary N) is 2. The fourth-order valence-corrected chi connectivity index (χ4v) is 7.07. The van der Waals surface area contributed by atoms with Crippen molar-refractivity contribution in [3.63, 3.8) is 0 Å². The number of imidazole rings is 1. The zero-order valence-corrected chi connectivity index (χ0v) is 31.5. The molecule has 2 unspecified atom stereocenters. The maximum atomic E-state index is 14.5. The summed E-state index contributed by atoms with van der Waals surface area (Å²) in [5, 5.41) is 5.58. The zero-order chi connectivity index (χ0) is 37.0. The number of halogens is 2. The number of carbonyl (C=O) groups is 2. The largest absolute Gasteiger partial charge is 0.462 e. The number of H-pyrrole nitrogens is 1. The van der Waals surface area contributed by atoms with Crippen LogP contribution in [0.15, 0.2) is 109 Å². The molecule has 1 aliphatic rings. The summed E-state index contributed by atoms with van der Waals surface area (Å²) in [4.78, 5) is 34.7. The Morgan fingerprint density at radius 1 is 0.942 bits per heavy atom. The number of fused-ring (bicyclic) bond motifs is 1. The maximum absolute atomic E-state index is 14.5. The van der Waals surface area contributed by atoms with Crippen LogP contribution in [0.4, 0.5) is 0 Å². The van der Waals surface area contributed by atoms with Crippen LogP contribution < -0.4 is 5.32 Å². The van der Waals surface area contributed by atoms with Crippen LogP contribution in [0.2, 0.25) is 10.0 Å². The Hall–Kier alpha value is -4.89. The Balaban J connectivity index is 0.000000604. The van der Waals surface area contributed by atoms with Crippen molar-refractivity contribution in [1.82, 2.24) is 24.8 Å². The summed E-state index contributed by atoms with van der Waals surface area (Å²) < 4.78 is 6.70. The van der Waals surface area contributed by atoms with Gasteiger partial charge in [-0.05, 0) is 70.1 Å². The first kappa shape index (κ1) is 36.9. The first-order chi connectivity index (χ1) is 24.9. The number of rotatable bonds is 8. The Bertz CT molecular complexity index is 2140. The van der Waals surface area contributed by atoms with Crippen LogP contribution >= 0.6 is 23.2 Å². The molecule has 268 valence electrons. The highest BCUT2D eigenvalue weighted by molar-refractivity contribution is 6.31. The Kier molecular flexibility index (Phi) is 11.2. The Labute approximate surface area is 314 Å². The number of hydrogen-bond donors (Lipinski definition) is 2. The van der Waals surface area contributed by atoms with Gasteiger partial charge in [0.1, 0.15) is 11.3 Å². The lowest BCUT2D eigenvalue weighted by Crippen LogP contribution is -2.40. The molecule has 0 aliphatic carbocycles. The molecule has 6 aromatic rings. The molecule has 10 heteroatoms. The number of benzene rings is 4. The van der Waals surface area contributed by atoms with Gasteiger partial charge in [0, 0.05) is 57.1 Å². The molecule has 0 spiro atoms. The lowest BCUT2D eigenvalue weighted by Gasteiger charge is -2.21. The predicted molar refractivity (Wildman–Crippen MR) is 210 cm³/mol. The van der Waals surface area contributed by atoms with E-state index in [1.54, 1.807) is 0 Å². The number of aromatic nitrogens is 3. The second-order valence-electron chi connectivity index (χ2n) is 14.2. The molecule has 1 aliphatic heterocycles. The third-order valence-corrected chi connectivity index (χ3v) is 9.77. The minimum atomic E-state index is -0.318. The van der Waals surface area contributed by atoms with Crippen molar-refractivity contribution in [3.8, 4) is 22.5 Å². The SMILES string of the molecule is CC(C)(C)OC=O.CC(c1ccc(Cl)cc1)n1cnc(-c2ccccc2)c1-c1c(C(=O)NC2CN(C)C[C@H]2c2ccccc2)[nH]c2cc(Cl)ccc12. The molecule has 2 N–H and O–H groups in total. The molecule has 3 atom stereocenters. The lowest BCUT2D eigenvalue weighted by atomic mass is 9.94. The number of ether oxygens (including phenoxy) is 1. The second-order valence-corrected chi connectivity index (χ2v) is 15.0. The van der Waals surface area contributed by atoms with E-state index in [1.807, 2.05) is 106 Å². The summed E-state index contributed by atoms with van der Waals surface area (Å²) in [5.74, 6) is 0.0159. The van der Waals surface area contributed by atoms with Gasteiger partial charge in [-0.2, -0.15) is 0 Å². The Morgan fingerprint density at radius 2 is 1.60 bits per heavy atom. The monoisotopic (exact) mass is 735 g/mol. The first-order valence-corrected chi connectivity index (χ1v) is 18.0. The number of nitrogens with zero attached hydrogens (tertiary/aromatic N) is 3. The first-order valence-electron chi connectivity index (χ1n) is 17.3. The molecular weight excluding hydrogens is 693 g/mol. The van der Waals surface area contributed by atoms with Crippen molar-refractivity contribution in [2.24, 2.45) is 0 Å². The highest BCUT2D eigenvalue weighted by Gasteiger charge is 2.35. The van der Waals surface area contributed by atoms with Crippen LogP contribution in [-0.2, 0) is 9.53 Å². The smallest absolute Gasteiger partial charge is 0.293 e. The van der Waals surface area contributed by atoms with Crippen LogP contribution in [-0.4, -0.2) is 63.6 Å². The molecule has 0 saturated carbocycles. The molecule has 52 heavy (non-hydrogen) atoms. The van der Waals surface area contributed by atoms with Crippen LogP contribution in [0.25, 0.3) is 33.4 Å². The molecule has 4 aromatic carbocycles. The number of hydrogen-bond acceptors (Lipinski definition) is 5. The maximum Gasteiger partial charge on any atom is 0.293 e. The predicted octanol–water partition coefficient (Wildman–Crippen LogP) is 9.40. The highest BCUT2D eigenvalue weighted by Crippen LogP contribution is 2.41. The normalized spacial score (nSPS) is 16.6. The number of amides is 1. The van der Waals surface area contributed by atoms with Gasteiger partial charge in [0.15, 0.2) is 0 Å². The molecule has 2 aromatic heterocycles. The van der Waals surface area contributed by atoms with Crippen molar-refractivity contribution >= 4 is 46.5 Å². The molecule has 0 bridgehead atoms. The fraction of sp³-hybridized carbons (Fsp3) is 0.262. The summed E-state index contributed by atoms with van der Waals surface area (Å²) >= 11 is 12.7. The van der Waals surface area contributed by atoms with E-state index in [9.17, 15) is 9.59 Å². The number of aromatic amines is 1. The van der Waals surface area contributed by atoms with Crippen molar-refractivity contribution in [1.29, 1.82) is 0 Å². The molecular formula is C42H43Cl2N5O3. The molecule has 3 heterocycles. The standard InChI is InChI=1S/C37H33Cl2N5O.C5H10O2/c1-23(24-13-15-27(38)16-14-24)44-22-40-34(26-11-7-4-8-12-26)36(44)33-29-18-17-28(39)19-31(29)41-35(33)37(45)42-32-21-43(2)20-30(32)25-9-5-3-6-10-25;1-5(2,3)7-4-6/h3-19,22-23,30,32,41H,20-21H2,1-2H3,(H,42,45);4H,1-3H3/t23?,30-,32?;/m0./s1. The van der Waals surface area contributed by atoms with Crippen molar-refractivity contribution in [2.45, 2.75) is 51.3 Å². The van der Waals surface area contributed by atoms with E-state index in [2.05, 4.69) is 62.7 Å². The number of carbonyl (C=O) groups excluding carboxylic acids is 2. The van der Waals surface area contributed by atoms with Gasteiger partial charge in [-0.15, -0.1) is 0 Å². The van der Waals surface area contributed by atoms with Gasteiger partial charge in [0.25, 0.3) is 12.4 Å². The van der Waals surface area contributed by atoms with E-state index in [4.69, 9.17) is 28.2 Å². The van der Waals surface area contributed by atoms with Gasteiger partial charge in [0.2, 0.25) is 0 Å². The van der Waals surface area contributed by atoms with E-state index in [-0.39, 0.29) is 29.5 Å². The van der Waals surface area contributed by atoms with Crippen LogP contribution in [0.1, 0.15) is 61.3 Å². The quantitative estimate of drug-likeness (QED) is 0.152. The van der Waals surface area contributed by atoms with Crippen LogP contribution in [0.3, 0.4) is 0 Å². The number of likely N-dealkylation sites (N-methyl/N-ethyl adjacent to an activating group) is 1. The van der Waals surface area contributed by atoms with Crippen LogP contribution in [0.5, 0.6) is 0 Å². The summed E-state index contributed by atoms with van der Waals surface area (Å²) in [6.07, 6.45) is 1.87. The molecule has 0 radical (unpaired) electrons. The van der Waals surface area contributed by atoms with Gasteiger partial charge < -0.3 is 24.5 Å². The highest BCUT2D eigenvalue weighted by atomic mass is 35.5. The summed E-state index contributed by atoms with van der Waals surface area (Å²) in [6, 6.07) is 33.9. The van der Waals surface area contributed by atoms with Gasteiger partial charge in [0.05, 0.1) is 23.8 Å². The molecule has 1 fully saturated rings. The minimum absolute atomic E-state index is 0.0563. The fourth-order valence-electron chi connectivity index (χ4n) is 6.77. The average molecular weight is 737 g/mol.